The van der Waals surface area contributed by atoms with Crippen molar-refractivity contribution in [1.82, 2.24) is 34.5 Å². The summed E-state index contributed by atoms with van der Waals surface area (Å²) < 4.78 is 3.29. The van der Waals surface area contributed by atoms with Crippen molar-refractivity contribution in [1.29, 1.82) is 0 Å². The third-order valence-electron chi connectivity index (χ3n) is 2.81. The Balaban J connectivity index is 1.87. The second kappa shape index (κ2) is 5.49. The maximum absolute atomic E-state index is 5.97. The Bertz CT molecular complexity index is 736. The van der Waals surface area contributed by atoms with Crippen molar-refractivity contribution in [2.75, 3.05) is 11.9 Å². The van der Waals surface area contributed by atoms with Gasteiger partial charge in [0.25, 0.3) is 5.95 Å². The number of halogens is 1. The average molecular weight is 305 g/mol. The predicted octanol–water partition coefficient (Wildman–Crippen LogP) is 1.08. The van der Waals surface area contributed by atoms with Crippen LogP contribution in [0.25, 0.3) is 5.95 Å². The van der Waals surface area contributed by atoms with Gasteiger partial charge >= 0.3 is 0 Å². The summed E-state index contributed by atoms with van der Waals surface area (Å²) >= 11 is 5.97. The fourth-order valence-electron chi connectivity index (χ4n) is 1.89. The van der Waals surface area contributed by atoms with E-state index in [0.29, 0.717) is 18.4 Å². The van der Waals surface area contributed by atoms with E-state index in [1.807, 2.05) is 25.2 Å². The molecule has 21 heavy (non-hydrogen) atoms. The van der Waals surface area contributed by atoms with Crippen LogP contribution in [0.5, 0.6) is 0 Å². The first kappa shape index (κ1) is 13.5. The molecule has 0 aromatic carbocycles. The number of rotatable bonds is 4. The minimum absolute atomic E-state index is 0.128. The Labute approximate surface area is 126 Å². The monoisotopic (exact) mass is 304 g/mol. The van der Waals surface area contributed by atoms with Crippen molar-refractivity contribution in [3.8, 4) is 5.95 Å². The number of hydrogen-bond acceptors (Lipinski definition) is 6. The quantitative estimate of drug-likeness (QED) is 0.718. The first-order chi connectivity index (χ1) is 10.1. The molecule has 3 aromatic rings. The molecule has 0 radical (unpaired) electrons. The van der Waals surface area contributed by atoms with E-state index in [2.05, 4.69) is 25.1 Å². The number of anilines is 1. The van der Waals surface area contributed by atoms with Gasteiger partial charge < -0.3 is 4.90 Å². The standard InChI is InChI=1S/C12H13ClN8/c1-19(7-9-6-15-20(2)8-9)11-16-10(13)17-12(18-11)21-5-3-4-14-21/h3-6,8H,7H2,1-2H3. The summed E-state index contributed by atoms with van der Waals surface area (Å²) in [5, 5.41) is 8.35. The third kappa shape index (κ3) is 3.00. The van der Waals surface area contributed by atoms with Crippen LogP contribution in [0.15, 0.2) is 30.9 Å². The summed E-state index contributed by atoms with van der Waals surface area (Å²) in [6, 6.07) is 1.79. The summed E-state index contributed by atoms with van der Waals surface area (Å²) in [7, 11) is 3.75. The van der Waals surface area contributed by atoms with Crippen LogP contribution in [-0.4, -0.2) is 41.6 Å². The first-order valence-corrected chi connectivity index (χ1v) is 6.60. The van der Waals surface area contributed by atoms with Crippen LogP contribution in [0.1, 0.15) is 5.56 Å². The molecule has 9 heteroatoms. The van der Waals surface area contributed by atoms with Crippen molar-refractivity contribution in [2.24, 2.45) is 7.05 Å². The Morgan fingerprint density at radius 1 is 1.24 bits per heavy atom. The molecule has 0 aliphatic carbocycles. The van der Waals surface area contributed by atoms with E-state index in [0.717, 1.165) is 5.56 Å². The first-order valence-electron chi connectivity index (χ1n) is 6.22. The molecular weight excluding hydrogens is 292 g/mol. The van der Waals surface area contributed by atoms with Gasteiger partial charge in [-0.05, 0) is 17.7 Å². The summed E-state index contributed by atoms with van der Waals surface area (Å²) in [4.78, 5) is 14.5. The van der Waals surface area contributed by atoms with Crippen LogP contribution in [-0.2, 0) is 13.6 Å². The van der Waals surface area contributed by atoms with Crippen LogP contribution in [0.3, 0.4) is 0 Å². The fourth-order valence-corrected chi connectivity index (χ4v) is 2.04. The lowest BCUT2D eigenvalue weighted by atomic mass is 10.3. The molecule has 0 unspecified atom stereocenters. The van der Waals surface area contributed by atoms with Gasteiger partial charge in [0, 0.05) is 44.8 Å². The summed E-state index contributed by atoms with van der Waals surface area (Å²) in [6.45, 7) is 0.618. The topological polar surface area (TPSA) is 77.5 Å². The van der Waals surface area contributed by atoms with Gasteiger partial charge in [-0.2, -0.15) is 25.1 Å². The van der Waals surface area contributed by atoms with Gasteiger partial charge in [-0.3, -0.25) is 4.68 Å². The molecule has 0 bridgehead atoms. The zero-order valence-corrected chi connectivity index (χ0v) is 12.3. The summed E-state index contributed by atoms with van der Waals surface area (Å²) in [6.07, 6.45) is 7.13. The number of aryl methyl sites for hydroxylation is 1. The molecule has 0 aliphatic heterocycles. The molecule has 0 amide bonds. The van der Waals surface area contributed by atoms with Gasteiger partial charge in [0.05, 0.1) is 6.20 Å². The lowest BCUT2D eigenvalue weighted by molar-refractivity contribution is 0.763. The van der Waals surface area contributed by atoms with Crippen LogP contribution in [0.2, 0.25) is 5.28 Å². The maximum Gasteiger partial charge on any atom is 0.256 e. The smallest absolute Gasteiger partial charge is 0.256 e. The SMILES string of the molecule is CN(Cc1cnn(C)c1)c1nc(Cl)nc(-n2cccn2)n1. The lowest BCUT2D eigenvalue weighted by Crippen LogP contribution is -2.20. The van der Waals surface area contributed by atoms with Gasteiger partial charge in [-0.15, -0.1) is 0 Å². The molecule has 0 saturated heterocycles. The number of aromatic nitrogens is 7. The second-order valence-corrected chi connectivity index (χ2v) is 4.87. The lowest BCUT2D eigenvalue weighted by Gasteiger charge is -2.16. The average Bonchev–Trinajstić information content (AvgIpc) is 3.10. The van der Waals surface area contributed by atoms with Crippen molar-refractivity contribution in [3.05, 3.63) is 41.7 Å². The highest BCUT2D eigenvalue weighted by Gasteiger charge is 2.12. The van der Waals surface area contributed by atoms with E-state index in [-0.39, 0.29) is 5.28 Å². The van der Waals surface area contributed by atoms with Crippen molar-refractivity contribution in [3.63, 3.8) is 0 Å². The van der Waals surface area contributed by atoms with Crippen molar-refractivity contribution in [2.45, 2.75) is 6.54 Å². The largest absolute Gasteiger partial charge is 0.339 e. The molecular formula is C12H13ClN8. The molecule has 108 valence electrons. The predicted molar refractivity (Wildman–Crippen MR) is 77.3 cm³/mol. The Hall–Kier alpha value is -2.48. The van der Waals surface area contributed by atoms with E-state index >= 15 is 0 Å². The Morgan fingerprint density at radius 3 is 2.76 bits per heavy atom. The molecule has 0 saturated carbocycles. The molecule has 8 nitrogen and oxygen atoms in total. The maximum atomic E-state index is 5.97. The molecule has 0 aliphatic rings. The van der Waals surface area contributed by atoms with Gasteiger partial charge in [-0.25, -0.2) is 4.68 Å². The minimum Gasteiger partial charge on any atom is -0.339 e. The van der Waals surface area contributed by atoms with E-state index in [9.17, 15) is 0 Å². The second-order valence-electron chi connectivity index (χ2n) is 4.53. The number of hydrogen-bond donors (Lipinski definition) is 0. The van der Waals surface area contributed by atoms with Crippen LogP contribution in [0.4, 0.5) is 5.95 Å². The van der Waals surface area contributed by atoms with E-state index in [1.165, 1.54) is 4.68 Å². The zero-order valence-electron chi connectivity index (χ0n) is 11.5. The molecule has 0 spiro atoms. The minimum atomic E-state index is 0.128. The molecule has 0 atom stereocenters. The van der Waals surface area contributed by atoms with Gasteiger partial charge in [0.15, 0.2) is 0 Å². The van der Waals surface area contributed by atoms with Crippen LogP contribution in [0, 0.1) is 0 Å². The molecule has 0 fully saturated rings. The molecule has 3 heterocycles. The van der Waals surface area contributed by atoms with Crippen molar-refractivity contribution < 1.29 is 0 Å². The highest BCUT2D eigenvalue weighted by molar-refractivity contribution is 6.28. The number of nitrogens with zero attached hydrogens (tertiary/aromatic N) is 8. The van der Waals surface area contributed by atoms with Crippen LogP contribution >= 0.6 is 11.6 Å². The third-order valence-corrected chi connectivity index (χ3v) is 2.98. The van der Waals surface area contributed by atoms with E-state index < -0.39 is 0 Å². The molecule has 0 N–H and O–H groups in total. The summed E-state index contributed by atoms with van der Waals surface area (Å²) in [5.74, 6) is 0.859. The molecule has 3 rings (SSSR count). The van der Waals surface area contributed by atoms with Crippen LogP contribution < -0.4 is 4.90 Å². The van der Waals surface area contributed by atoms with E-state index in [1.54, 1.807) is 29.3 Å². The van der Waals surface area contributed by atoms with Gasteiger partial charge in [0.1, 0.15) is 0 Å². The fraction of sp³-hybridized carbons (Fsp3) is 0.250. The van der Waals surface area contributed by atoms with Gasteiger partial charge in [0.2, 0.25) is 11.2 Å². The normalized spacial score (nSPS) is 10.8. The van der Waals surface area contributed by atoms with Gasteiger partial charge in [-0.1, -0.05) is 0 Å². The Morgan fingerprint density at radius 2 is 2.10 bits per heavy atom. The van der Waals surface area contributed by atoms with Crippen molar-refractivity contribution >= 4 is 17.5 Å². The summed E-state index contributed by atoms with van der Waals surface area (Å²) in [5.41, 5.74) is 1.05. The van der Waals surface area contributed by atoms with E-state index in [4.69, 9.17) is 11.6 Å². The molecule has 3 aromatic heterocycles. The highest BCUT2D eigenvalue weighted by atomic mass is 35.5. The Kier molecular flexibility index (Phi) is 3.53. The highest BCUT2D eigenvalue weighted by Crippen LogP contribution is 2.14. The zero-order chi connectivity index (χ0) is 14.8.